The lowest BCUT2D eigenvalue weighted by Gasteiger charge is -2.00. The second-order valence-corrected chi connectivity index (χ2v) is 3.33. The molecule has 0 unspecified atom stereocenters. The van der Waals surface area contributed by atoms with Crippen molar-refractivity contribution < 1.29 is 0 Å². The number of aryl methyl sites for hydroxylation is 1. The average Bonchev–Trinajstić information content (AvgIpc) is 2.52. The van der Waals surface area contributed by atoms with E-state index >= 15 is 0 Å². The molecule has 1 rings (SSSR count). The third-order valence-electron chi connectivity index (χ3n) is 2.08. The van der Waals surface area contributed by atoms with Crippen molar-refractivity contribution in [2.75, 3.05) is 6.54 Å². The highest BCUT2D eigenvalue weighted by molar-refractivity contribution is 5.80. The maximum absolute atomic E-state index is 5.68. The summed E-state index contributed by atoms with van der Waals surface area (Å²) in [6.07, 6.45) is 6.54. The zero-order chi connectivity index (χ0) is 10.4. The van der Waals surface area contributed by atoms with Crippen LogP contribution in [0.15, 0.2) is 17.4 Å². The second kappa shape index (κ2) is 5.42. The van der Waals surface area contributed by atoms with Gasteiger partial charge in [-0.2, -0.15) is 0 Å². The summed E-state index contributed by atoms with van der Waals surface area (Å²) in [6.45, 7) is 2.83. The molecule has 0 saturated carbocycles. The van der Waals surface area contributed by atoms with Gasteiger partial charge in [0.15, 0.2) is 0 Å². The van der Waals surface area contributed by atoms with Crippen LogP contribution in [0.3, 0.4) is 0 Å². The Labute approximate surface area is 84.9 Å². The number of nitrogens with zero attached hydrogens (tertiary/aromatic N) is 3. The van der Waals surface area contributed by atoms with Gasteiger partial charge in [0.2, 0.25) is 0 Å². The van der Waals surface area contributed by atoms with Crippen LogP contribution in [0.5, 0.6) is 0 Å². The van der Waals surface area contributed by atoms with Gasteiger partial charge in [0, 0.05) is 38.8 Å². The van der Waals surface area contributed by atoms with Gasteiger partial charge in [-0.15, -0.1) is 0 Å². The Balaban J connectivity index is 2.35. The molecule has 0 atom stereocenters. The van der Waals surface area contributed by atoms with Crippen LogP contribution in [-0.2, 0) is 13.5 Å². The number of imidazole rings is 1. The fourth-order valence-corrected chi connectivity index (χ4v) is 1.27. The summed E-state index contributed by atoms with van der Waals surface area (Å²) in [5.74, 6) is 1.81. The molecule has 4 heteroatoms. The number of aliphatic imine (C=N–C) groups is 1. The first kappa shape index (κ1) is 10.8. The Hall–Kier alpha value is -1.32. The van der Waals surface area contributed by atoms with E-state index in [2.05, 4.69) is 16.9 Å². The maximum atomic E-state index is 5.68. The molecule has 0 aromatic carbocycles. The second-order valence-electron chi connectivity index (χ2n) is 3.33. The Kier molecular flexibility index (Phi) is 4.16. The molecule has 4 nitrogen and oxygen atoms in total. The van der Waals surface area contributed by atoms with Gasteiger partial charge in [0.1, 0.15) is 5.82 Å². The van der Waals surface area contributed by atoms with E-state index < -0.39 is 0 Å². The summed E-state index contributed by atoms with van der Waals surface area (Å²) in [5, 5.41) is 0. The monoisotopic (exact) mass is 194 g/mol. The first-order chi connectivity index (χ1) is 6.74. The zero-order valence-corrected chi connectivity index (χ0v) is 8.90. The lowest BCUT2D eigenvalue weighted by molar-refractivity contribution is 0.776. The van der Waals surface area contributed by atoms with Crippen molar-refractivity contribution in [1.82, 2.24) is 9.55 Å². The van der Waals surface area contributed by atoms with Gasteiger partial charge in [-0.3, -0.25) is 4.99 Å². The number of nitrogens with two attached hydrogens (primary N) is 1. The van der Waals surface area contributed by atoms with Crippen LogP contribution >= 0.6 is 0 Å². The van der Waals surface area contributed by atoms with Crippen molar-refractivity contribution in [2.45, 2.75) is 26.2 Å². The van der Waals surface area contributed by atoms with Gasteiger partial charge >= 0.3 is 0 Å². The van der Waals surface area contributed by atoms with Crippen molar-refractivity contribution in [1.29, 1.82) is 0 Å². The number of amidine groups is 1. The normalized spacial score (nSPS) is 12.0. The van der Waals surface area contributed by atoms with Gasteiger partial charge in [0.25, 0.3) is 0 Å². The van der Waals surface area contributed by atoms with E-state index in [-0.39, 0.29) is 0 Å². The Morgan fingerprint density at radius 3 is 3.00 bits per heavy atom. The van der Waals surface area contributed by atoms with Crippen LogP contribution < -0.4 is 5.73 Å². The van der Waals surface area contributed by atoms with Crippen LogP contribution in [0, 0.1) is 0 Å². The van der Waals surface area contributed by atoms with Crippen LogP contribution in [0.25, 0.3) is 0 Å². The highest BCUT2D eigenvalue weighted by Crippen LogP contribution is 1.96. The van der Waals surface area contributed by atoms with Crippen molar-refractivity contribution in [2.24, 2.45) is 17.8 Å². The van der Waals surface area contributed by atoms with Crippen molar-refractivity contribution >= 4 is 5.84 Å². The Morgan fingerprint density at radius 1 is 1.64 bits per heavy atom. The number of aromatic nitrogens is 2. The molecule has 1 heterocycles. The molecule has 14 heavy (non-hydrogen) atoms. The molecular formula is C10H18N4. The molecule has 0 radical (unpaired) electrons. The molecule has 0 amide bonds. The van der Waals surface area contributed by atoms with Gasteiger partial charge in [-0.25, -0.2) is 4.98 Å². The number of hydrogen-bond acceptors (Lipinski definition) is 2. The molecule has 0 spiro atoms. The maximum Gasteiger partial charge on any atom is 0.110 e. The quantitative estimate of drug-likeness (QED) is 0.564. The largest absolute Gasteiger partial charge is 0.387 e. The van der Waals surface area contributed by atoms with E-state index in [1.54, 1.807) is 6.20 Å². The number of rotatable bonds is 5. The van der Waals surface area contributed by atoms with Crippen LogP contribution in [0.4, 0.5) is 0 Å². The van der Waals surface area contributed by atoms with E-state index in [0.29, 0.717) is 0 Å². The average molecular weight is 194 g/mol. The van der Waals surface area contributed by atoms with Crippen molar-refractivity contribution in [3.8, 4) is 0 Å². The number of hydrogen-bond donors (Lipinski definition) is 1. The first-order valence-electron chi connectivity index (χ1n) is 4.99. The van der Waals surface area contributed by atoms with Gasteiger partial charge in [0.05, 0.1) is 5.84 Å². The minimum absolute atomic E-state index is 0.733. The Bertz CT molecular complexity index is 301. The zero-order valence-electron chi connectivity index (χ0n) is 8.90. The van der Waals surface area contributed by atoms with E-state index in [1.165, 1.54) is 0 Å². The van der Waals surface area contributed by atoms with Crippen molar-refractivity contribution in [3.63, 3.8) is 0 Å². The predicted molar refractivity (Wildman–Crippen MR) is 58.3 cm³/mol. The fourth-order valence-electron chi connectivity index (χ4n) is 1.27. The topological polar surface area (TPSA) is 56.2 Å². The molecule has 0 fully saturated rings. The van der Waals surface area contributed by atoms with Crippen molar-refractivity contribution in [3.05, 3.63) is 18.2 Å². The van der Waals surface area contributed by atoms with E-state index in [0.717, 1.165) is 37.5 Å². The lowest BCUT2D eigenvalue weighted by atomic mass is 10.3. The molecule has 2 N–H and O–H groups in total. The SMILES string of the molecule is CCCC(N)=NCCc1nccn1C. The van der Waals surface area contributed by atoms with Gasteiger partial charge < -0.3 is 10.3 Å². The van der Waals surface area contributed by atoms with E-state index in [4.69, 9.17) is 5.73 Å². The highest BCUT2D eigenvalue weighted by Gasteiger charge is 1.97. The summed E-state index contributed by atoms with van der Waals surface area (Å²) in [5.41, 5.74) is 5.68. The summed E-state index contributed by atoms with van der Waals surface area (Å²) in [4.78, 5) is 8.48. The smallest absolute Gasteiger partial charge is 0.110 e. The van der Waals surface area contributed by atoms with Gasteiger partial charge in [-0.1, -0.05) is 6.92 Å². The summed E-state index contributed by atoms with van der Waals surface area (Å²) < 4.78 is 2.01. The van der Waals surface area contributed by atoms with Crippen LogP contribution in [-0.4, -0.2) is 21.9 Å². The minimum Gasteiger partial charge on any atom is -0.387 e. The summed E-state index contributed by atoms with van der Waals surface area (Å²) >= 11 is 0. The summed E-state index contributed by atoms with van der Waals surface area (Å²) in [6, 6.07) is 0. The molecule has 0 bridgehead atoms. The molecule has 0 saturated heterocycles. The molecule has 78 valence electrons. The highest BCUT2D eigenvalue weighted by atomic mass is 15.0. The molecule has 0 aliphatic heterocycles. The first-order valence-corrected chi connectivity index (χ1v) is 4.99. The lowest BCUT2D eigenvalue weighted by Crippen LogP contribution is -2.12. The third-order valence-corrected chi connectivity index (χ3v) is 2.08. The van der Waals surface area contributed by atoms with Crippen LogP contribution in [0.2, 0.25) is 0 Å². The standard InChI is InChI=1S/C10H18N4/c1-3-4-9(11)12-6-5-10-13-7-8-14(10)2/h7-8H,3-6H2,1-2H3,(H2,11,12). The van der Waals surface area contributed by atoms with E-state index in [1.807, 2.05) is 17.8 Å². The predicted octanol–water partition coefficient (Wildman–Crippen LogP) is 1.12. The summed E-state index contributed by atoms with van der Waals surface area (Å²) in [7, 11) is 1.99. The van der Waals surface area contributed by atoms with Gasteiger partial charge in [-0.05, 0) is 6.42 Å². The molecule has 1 aromatic heterocycles. The minimum atomic E-state index is 0.733. The Morgan fingerprint density at radius 2 is 2.43 bits per heavy atom. The van der Waals surface area contributed by atoms with E-state index in [9.17, 15) is 0 Å². The molecule has 1 aromatic rings. The molecular weight excluding hydrogens is 176 g/mol. The fraction of sp³-hybridized carbons (Fsp3) is 0.600. The molecule has 0 aliphatic rings. The molecule has 0 aliphatic carbocycles. The van der Waals surface area contributed by atoms with Crippen LogP contribution in [0.1, 0.15) is 25.6 Å². The third kappa shape index (κ3) is 3.20.